The van der Waals surface area contributed by atoms with E-state index in [1.165, 1.54) is 20.8 Å². The van der Waals surface area contributed by atoms with Gasteiger partial charge in [0.15, 0.2) is 22.8 Å². The topological polar surface area (TPSA) is 381 Å². The number of nitrogen functional groups attached to an aromatic ring is 1. The SMILES string of the molecule is C[C@H](C=O)C(=O)SCCNC(=O)CCNC(=O)[C@H](O)C(C)(C)COP(=O)(O)OP(=O)(O)OC[C@H]1O[C@@H](n2cnc3c(N)ncnc32)[C@H](O)[C@@H]1OP(=O)(O)O. The van der Waals surface area contributed by atoms with E-state index < -0.39 is 90.5 Å². The maximum atomic E-state index is 12.6. The van der Waals surface area contributed by atoms with Crippen LogP contribution in [0.4, 0.5) is 5.82 Å². The zero-order valence-corrected chi connectivity index (χ0v) is 32.1. The number of hydrogen-bond acceptors (Lipinski definition) is 19. The molecule has 0 saturated carbocycles. The van der Waals surface area contributed by atoms with Crippen molar-refractivity contribution < 1.29 is 85.3 Å². The molecule has 1 aliphatic heterocycles. The van der Waals surface area contributed by atoms with Crippen LogP contribution in [0.25, 0.3) is 11.2 Å². The number of thioether (sulfide) groups is 1. The minimum Gasteiger partial charge on any atom is -0.386 e. The van der Waals surface area contributed by atoms with Gasteiger partial charge >= 0.3 is 23.5 Å². The lowest BCUT2D eigenvalue weighted by atomic mass is 9.87. The average molecular weight is 852 g/mol. The molecule has 2 aromatic rings. The fourth-order valence-electron chi connectivity index (χ4n) is 4.47. The number of nitrogens with zero attached hydrogens (tertiary/aromatic N) is 4. The summed E-state index contributed by atoms with van der Waals surface area (Å²) in [5.74, 6) is -2.11. The van der Waals surface area contributed by atoms with E-state index >= 15 is 0 Å². The molecule has 1 saturated heterocycles. The van der Waals surface area contributed by atoms with Crippen molar-refractivity contribution in [2.24, 2.45) is 11.3 Å². The number of imidazole rings is 1. The highest BCUT2D eigenvalue weighted by Gasteiger charge is 2.50. The van der Waals surface area contributed by atoms with Crippen LogP contribution in [0.5, 0.6) is 0 Å². The largest absolute Gasteiger partial charge is 0.481 e. The average Bonchev–Trinajstić information content (AvgIpc) is 3.64. The number of hydrogen-bond donors (Lipinski definition) is 9. The summed E-state index contributed by atoms with van der Waals surface area (Å²) < 4.78 is 61.9. The summed E-state index contributed by atoms with van der Waals surface area (Å²) in [6.45, 7) is 1.73. The molecule has 0 bridgehead atoms. The number of ether oxygens (including phenoxy) is 1. The number of aromatic nitrogens is 4. The van der Waals surface area contributed by atoms with Crippen molar-refractivity contribution in [2.75, 3.05) is 37.8 Å². The number of carbonyl (C=O) groups is 4. The summed E-state index contributed by atoms with van der Waals surface area (Å²) in [7, 11) is -16.4. The predicted molar refractivity (Wildman–Crippen MR) is 182 cm³/mol. The van der Waals surface area contributed by atoms with E-state index in [9.17, 15) is 62.7 Å². The van der Waals surface area contributed by atoms with Crippen molar-refractivity contribution in [3.63, 3.8) is 0 Å². The first-order valence-electron chi connectivity index (χ1n) is 15.5. The molecular formula is C25H40N7O18P3S. The van der Waals surface area contributed by atoms with Crippen molar-refractivity contribution in [1.29, 1.82) is 0 Å². The second kappa shape index (κ2) is 18.9. The van der Waals surface area contributed by atoms with Gasteiger partial charge in [-0.3, -0.25) is 32.5 Å². The second-order valence-electron chi connectivity index (χ2n) is 12.2. The van der Waals surface area contributed by atoms with Gasteiger partial charge in [0.1, 0.15) is 42.5 Å². The van der Waals surface area contributed by atoms with Gasteiger partial charge in [-0.2, -0.15) is 4.31 Å². The van der Waals surface area contributed by atoms with Gasteiger partial charge in [0, 0.05) is 30.7 Å². The molecular weight excluding hydrogens is 811 g/mol. The van der Waals surface area contributed by atoms with Crippen LogP contribution < -0.4 is 16.4 Å². The molecule has 3 rings (SSSR count). The normalized spacial score (nSPS) is 22.5. The first-order valence-corrected chi connectivity index (χ1v) is 21.0. The highest BCUT2D eigenvalue weighted by Crippen LogP contribution is 2.61. The molecule has 29 heteroatoms. The Labute approximate surface area is 310 Å². The minimum absolute atomic E-state index is 0.0237. The van der Waals surface area contributed by atoms with Gasteiger partial charge in [0.25, 0.3) is 0 Å². The monoisotopic (exact) mass is 851 g/mol. The second-order valence-corrected chi connectivity index (χ2v) is 17.5. The molecule has 1 fully saturated rings. The van der Waals surface area contributed by atoms with Crippen molar-refractivity contribution in [3.05, 3.63) is 12.7 Å². The quantitative estimate of drug-likeness (QED) is 0.0299. The van der Waals surface area contributed by atoms with E-state index in [1.54, 1.807) is 0 Å². The minimum atomic E-state index is -5.58. The molecule has 8 atom stereocenters. The van der Waals surface area contributed by atoms with Crippen molar-refractivity contribution >= 4 is 75.4 Å². The fraction of sp³-hybridized carbons (Fsp3) is 0.640. The number of amides is 2. The molecule has 304 valence electrons. The number of nitrogens with one attached hydrogen (secondary N) is 2. The highest BCUT2D eigenvalue weighted by molar-refractivity contribution is 8.13. The molecule has 10 N–H and O–H groups in total. The molecule has 3 heterocycles. The number of aliphatic hydroxyl groups excluding tert-OH is 2. The molecule has 2 amide bonds. The van der Waals surface area contributed by atoms with Crippen LogP contribution in [0.2, 0.25) is 0 Å². The number of aliphatic hydroxyl groups is 2. The number of nitrogens with two attached hydrogens (primary N) is 1. The molecule has 25 nitrogen and oxygen atoms in total. The Morgan fingerprint density at radius 3 is 2.41 bits per heavy atom. The number of phosphoric ester groups is 3. The Hall–Kier alpha value is -2.77. The van der Waals surface area contributed by atoms with E-state index in [2.05, 4.69) is 34.4 Å². The molecule has 2 unspecified atom stereocenters. The molecule has 0 spiro atoms. The van der Waals surface area contributed by atoms with Crippen molar-refractivity contribution in [1.82, 2.24) is 30.2 Å². The number of aldehydes is 1. The van der Waals surface area contributed by atoms with Gasteiger partial charge in [0.05, 0.1) is 25.5 Å². The van der Waals surface area contributed by atoms with Crippen LogP contribution in [-0.4, -0.2) is 129 Å². The number of anilines is 1. The van der Waals surface area contributed by atoms with Gasteiger partial charge in [-0.1, -0.05) is 25.6 Å². The molecule has 0 radical (unpaired) electrons. The molecule has 54 heavy (non-hydrogen) atoms. The first-order chi connectivity index (χ1) is 25.0. The van der Waals surface area contributed by atoms with E-state index in [1.807, 2.05) is 0 Å². The lowest BCUT2D eigenvalue weighted by Crippen LogP contribution is -2.46. The van der Waals surface area contributed by atoms with Gasteiger partial charge < -0.3 is 55.7 Å². The Bertz CT molecular complexity index is 1810. The molecule has 0 aromatic carbocycles. The number of fused-ring (bicyclic) bond motifs is 1. The van der Waals surface area contributed by atoms with Crippen molar-refractivity contribution in [2.45, 2.75) is 57.8 Å². The van der Waals surface area contributed by atoms with Gasteiger partial charge in [-0.25, -0.2) is 28.6 Å². The standard InChI is InChI=1S/C25H40N7O18P3S/c1-13(8-33)24(38)54-7-6-27-15(34)4-5-28-22(37)19(36)25(2,3)10-47-53(44,45)50-52(42,43)46-9-14-18(49-51(39,40)41)17(35)23(48-14)32-12-31-16-20(26)29-11-30-21(16)32/h8,11-14,17-19,23,35-36H,4-7,9-10H2,1-3H3,(H,27,34)(H,28,37)(H,42,43)(H,44,45)(H2,26,29,30)(H2,39,40,41)/t13-,14-,17-,18-,19+,23-/m1/s1. The van der Waals surface area contributed by atoms with Crippen LogP contribution >= 0.6 is 35.2 Å². The summed E-state index contributed by atoms with van der Waals surface area (Å²) >= 11 is 0.872. The maximum absolute atomic E-state index is 12.6. The number of phosphoric acid groups is 3. The van der Waals surface area contributed by atoms with E-state index in [-0.39, 0.29) is 47.4 Å². The molecule has 1 aliphatic rings. The van der Waals surface area contributed by atoms with E-state index in [0.717, 1.165) is 29.0 Å². The number of carbonyl (C=O) groups excluding carboxylic acids is 4. The highest BCUT2D eigenvalue weighted by atomic mass is 32.2. The summed E-state index contributed by atoms with van der Waals surface area (Å²) in [6.07, 6.45) is -6.52. The smallest absolute Gasteiger partial charge is 0.386 e. The van der Waals surface area contributed by atoms with Gasteiger partial charge in [-0.05, 0) is 6.92 Å². The predicted octanol–water partition coefficient (Wildman–Crippen LogP) is -1.50. The summed E-state index contributed by atoms with van der Waals surface area (Å²) in [5, 5.41) is 25.8. The van der Waals surface area contributed by atoms with Crippen LogP contribution in [0.1, 0.15) is 33.4 Å². The van der Waals surface area contributed by atoms with Crippen LogP contribution in [0.3, 0.4) is 0 Å². The first kappa shape index (κ1) is 45.6. The molecule has 0 aliphatic carbocycles. The van der Waals surface area contributed by atoms with Crippen LogP contribution in [-0.2, 0) is 55.5 Å². The third-order valence-electron chi connectivity index (χ3n) is 7.32. The van der Waals surface area contributed by atoms with E-state index in [4.69, 9.17) is 19.5 Å². The van der Waals surface area contributed by atoms with Gasteiger partial charge in [0.2, 0.25) is 11.8 Å². The molecule has 2 aromatic heterocycles. The Balaban J connectivity index is 1.51. The summed E-state index contributed by atoms with van der Waals surface area (Å²) in [4.78, 5) is 97.5. The zero-order chi connectivity index (χ0) is 40.6. The third kappa shape index (κ3) is 13.2. The third-order valence-corrected chi connectivity index (χ3v) is 11.5. The summed E-state index contributed by atoms with van der Waals surface area (Å²) in [5.41, 5.74) is 4.22. The Morgan fingerprint density at radius 1 is 1.09 bits per heavy atom. The Morgan fingerprint density at radius 2 is 1.76 bits per heavy atom. The summed E-state index contributed by atoms with van der Waals surface area (Å²) in [6, 6.07) is 0. The lowest BCUT2D eigenvalue weighted by molar-refractivity contribution is -0.137. The zero-order valence-electron chi connectivity index (χ0n) is 28.6. The fourth-order valence-corrected chi connectivity index (χ4v) is 8.02. The maximum Gasteiger partial charge on any atom is 0.481 e. The number of rotatable bonds is 21. The van der Waals surface area contributed by atoms with Crippen molar-refractivity contribution in [3.8, 4) is 0 Å². The van der Waals surface area contributed by atoms with Gasteiger partial charge in [-0.15, -0.1) is 0 Å². The lowest BCUT2D eigenvalue weighted by Gasteiger charge is -2.30. The van der Waals surface area contributed by atoms with E-state index in [0.29, 0.717) is 6.29 Å². The van der Waals surface area contributed by atoms with Crippen LogP contribution in [0.15, 0.2) is 12.7 Å². The Kier molecular flexibility index (Phi) is 16.0. The van der Waals surface area contributed by atoms with Crippen LogP contribution in [0, 0.1) is 11.3 Å².